The standard InChI is InChI=1S/C17H15FN4O/c18-15-3-1-2-13(10-15)8-9-20-17(23)14-4-6-16(7-5-14)22-12-19-11-21-22/h1-7,10-12H,8-9H2,(H,20,23). The van der Waals surface area contributed by atoms with Crippen molar-refractivity contribution in [2.75, 3.05) is 6.54 Å². The molecule has 0 aliphatic heterocycles. The molecule has 1 heterocycles. The molecule has 3 aromatic rings. The lowest BCUT2D eigenvalue weighted by Gasteiger charge is -2.06. The number of hydrogen-bond donors (Lipinski definition) is 1. The van der Waals surface area contributed by atoms with Crippen molar-refractivity contribution in [3.05, 3.63) is 78.1 Å². The van der Waals surface area contributed by atoms with Gasteiger partial charge in [0.1, 0.15) is 18.5 Å². The van der Waals surface area contributed by atoms with Gasteiger partial charge in [-0.05, 0) is 48.4 Å². The molecular weight excluding hydrogens is 295 g/mol. The van der Waals surface area contributed by atoms with Crippen LogP contribution in [0.2, 0.25) is 0 Å². The maximum Gasteiger partial charge on any atom is 0.251 e. The van der Waals surface area contributed by atoms with Crippen molar-refractivity contribution in [1.82, 2.24) is 20.1 Å². The summed E-state index contributed by atoms with van der Waals surface area (Å²) in [7, 11) is 0. The van der Waals surface area contributed by atoms with Crippen molar-refractivity contribution in [2.24, 2.45) is 0 Å². The van der Waals surface area contributed by atoms with Crippen LogP contribution in [0.5, 0.6) is 0 Å². The van der Waals surface area contributed by atoms with Gasteiger partial charge in [-0.2, -0.15) is 5.10 Å². The van der Waals surface area contributed by atoms with E-state index in [-0.39, 0.29) is 11.7 Å². The Labute approximate surface area is 132 Å². The van der Waals surface area contributed by atoms with Gasteiger partial charge in [0, 0.05) is 12.1 Å². The molecule has 116 valence electrons. The monoisotopic (exact) mass is 310 g/mol. The van der Waals surface area contributed by atoms with Crippen LogP contribution in [0.25, 0.3) is 5.69 Å². The first-order valence-electron chi connectivity index (χ1n) is 7.20. The predicted octanol–water partition coefficient (Wildman–Crippen LogP) is 2.38. The zero-order chi connectivity index (χ0) is 16.1. The molecule has 0 saturated carbocycles. The third kappa shape index (κ3) is 3.79. The lowest BCUT2D eigenvalue weighted by molar-refractivity contribution is 0.0954. The van der Waals surface area contributed by atoms with E-state index in [1.807, 2.05) is 6.07 Å². The van der Waals surface area contributed by atoms with Gasteiger partial charge in [-0.25, -0.2) is 14.1 Å². The Morgan fingerprint density at radius 3 is 2.70 bits per heavy atom. The van der Waals surface area contributed by atoms with Gasteiger partial charge >= 0.3 is 0 Å². The Hall–Kier alpha value is -3.02. The summed E-state index contributed by atoms with van der Waals surface area (Å²) in [5, 5.41) is 6.85. The first-order valence-corrected chi connectivity index (χ1v) is 7.20. The summed E-state index contributed by atoms with van der Waals surface area (Å²) in [6.07, 6.45) is 3.63. The number of nitrogens with zero attached hydrogens (tertiary/aromatic N) is 3. The summed E-state index contributed by atoms with van der Waals surface area (Å²) in [5.41, 5.74) is 2.25. The highest BCUT2D eigenvalue weighted by atomic mass is 19.1. The average molecular weight is 310 g/mol. The number of benzene rings is 2. The normalized spacial score (nSPS) is 10.5. The molecule has 0 fully saturated rings. The molecular formula is C17H15FN4O. The largest absolute Gasteiger partial charge is 0.352 e. The Morgan fingerprint density at radius 1 is 1.17 bits per heavy atom. The zero-order valence-corrected chi connectivity index (χ0v) is 12.3. The van der Waals surface area contributed by atoms with Gasteiger partial charge in [0.15, 0.2) is 0 Å². The van der Waals surface area contributed by atoms with Crippen LogP contribution in [0.3, 0.4) is 0 Å². The minimum atomic E-state index is -0.266. The smallest absolute Gasteiger partial charge is 0.251 e. The van der Waals surface area contributed by atoms with Crippen LogP contribution in [-0.2, 0) is 6.42 Å². The predicted molar refractivity (Wildman–Crippen MR) is 83.8 cm³/mol. The fraction of sp³-hybridized carbons (Fsp3) is 0.118. The molecule has 3 rings (SSSR count). The number of carbonyl (C=O) groups excluding carboxylic acids is 1. The van der Waals surface area contributed by atoms with Gasteiger partial charge in [-0.1, -0.05) is 12.1 Å². The second-order valence-corrected chi connectivity index (χ2v) is 5.02. The van der Waals surface area contributed by atoms with Crippen LogP contribution in [0.1, 0.15) is 15.9 Å². The summed E-state index contributed by atoms with van der Waals surface area (Å²) >= 11 is 0. The van der Waals surface area contributed by atoms with Crippen molar-refractivity contribution >= 4 is 5.91 Å². The van der Waals surface area contributed by atoms with Crippen molar-refractivity contribution in [3.63, 3.8) is 0 Å². The highest BCUT2D eigenvalue weighted by Crippen LogP contribution is 2.08. The number of rotatable bonds is 5. The van der Waals surface area contributed by atoms with Crippen LogP contribution in [0, 0.1) is 5.82 Å². The van der Waals surface area contributed by atoms with Crippen LogP contribution >= 0.6 is 0 Å². The molecule has 1 N–H and O–H groups in total. The quantitative estimate of drug-likeness (QED) is 0.787. The lowest BCUT2D eigenvalue weighted by atomic mass is 10.1. The van der Waals surface area contributed by atoms with Gasteiger partial charge in [0.2, 0.25) is 0 Å². The van der Waals surface area contributed by atoms with Crippen LogP contribution in [0.15, 0.2) is 61.2 Å². The van der Waals surface area contributed by atoms with E-state index in [0.717, 1.165) is 11.3 Å². The van der Waals surface area contributed by atoms with Crippen LogP contribution in [0.4, 0.5) is 4.39 Å². The molecule has 1 amide bonds. The van der Waals surface area contributed by atoms with E-state index in [4.69, 9.17) is 0 Å². The van der Waals surface area contributed by atoms with Crippen molar-refractivity contribution in [1.29, 1.82) is 0 Å². The highest BCUT2D eigenvalue weighted by molar-refractivity contribution is 5.94. The maximum absolute atomic E-state index is 13.1. The summed E-state index contributed by atoms with van der Waals surface area (Å²) in [5.74, 6) is -0.427. The molecule has 0 aliphatic rings. The molecule has 0 saturated heterocycles. The van der Waals surface area contributed by atoms with E-state index in [0.29, 0.717) is 18.5 Å². The Morgan fingerprint density at radius 2 is 2.00 bits per heavy atom. The van der Waals surface area contributed by atoms with E-state index in [2.05, 4.69) is 15.4 Å². The van der Waals surface area contributed by atoms with Gasteiger partial charge in [0.05, 0.1) is 5.69 Å². The highest BCUT2D eigenvalue weighted by Gasteiger charge is 2.06. The molecule has 1 aromatic heterocycles. The molecule has 0 atom stereocenters. The molecule has 0 unspecified atom stereocenters. The fourth-order valence-corrected chi connectivity index (χ4v) is 2.22. The van der Waals surface area contributed by atoms with E-state index >= 15 is 0 Å². The molecule has 0 radical (unpaired) electrons. The zero-order valence-electron chi connectivity index (χ0n) is 12.3. The van der Waals surface area contributed by atoms with Crippen molar-refractivity contribution in [3.8, 4) is 5.69 Å². The first kappa shape index (κ1) is 14.9. The summed E-state index contributed by atoms with van der Waals surface area (Å²) in [6, 6.07) is 13.4. The number of halogens is 1. The van der Waals surface area contributed by atoms with E-state index in [9.17, 15) is 9.18 Å². The molecule has 5 nitrogen and oxygen atoms in total. The van der Waals surface area contributed by atoms with Crippen LogP contribution in [-0.4, -0.2) is 27.2 Å². The summed E-state index contributed by atoms with van der Waals surface area (Å²) < 4.78 is 14.7. The number of nitrogens with one attached hydrogen (secondary N) is 1. The molecule has 6 heteroatoms. The molecule has 0 bridgehead atoms. The van der Waals surface area contributed by atoms with Crippen molar-refractivity contribution < 1.29 is 9.18 Å². The number of amides is 1. The van der Waals surface area contributed by atoms with Crippen LogP contribution < -0.4 is 5.32 Å². The molecule has 2 aromatic carbocycles. The fourth-order valence-electron chi connectivity index (χ4n) is 2.22. The minimum Gasteiger partial charge on any atom is -0.352 e. The Kier molecular flexibility index (Phi) is 4.42. The van der Waals surface area contributed by atoms with E-state index in [1.165, 1.54) is 18.5 Å². The second-order valence-electron chi connectivity index (χ2n) is 5.02. The van der Waals surface area contributed by atoms with Crippen molar-refractivity contribution in [2.45, 2.75) is 6.42 Å². The Bertz CT molecular complexity index is 785. The maximum atomic E-state index is 13.1. The third-order valence-corrected chi connectivity index (χ3v) is 3.40. The molecule has 23 heavy (non-hydrogen) atoms. The molecule has 0 aliphatic carbocycles. The number of carbonyl (C=O) groups is 1. The topological polar surface area (TPSA) is 59.8 Å². The van der Waals surface area contributed by atoms with Gasteiger partial charge in [-0.15, -0.1) is 0 Å². The molecule has 0 spiro atoms. The first-order chi connectivity index (χ1) is 11.2. The second kappa shape index (κ2) is 6.83. The van der Waals surface area contributed by atoms with E-state index < -0.39 is 0 Å². The SMILES string of the molecule is O=C(NCCc1cccc(F)c1)c1ccc(-n2cncn2)cc1. The summed E-state index contributed by atoms with van der Waals surface area (Å²) in [6.45, 7) is 0.452. The number of hydrogen-bond acceptors (Lipinski definition) is 3. The van der Waals surface area contributed by atoms with E-state index in [1.54, 1.807) is 41.3 Å². The lowest BCUT2D eigenvalue weighted by Crippen LogP contribution is -2.25. The van der Waals surface area contributed by atoms with Gasteiger partial charge < -0.3 is 5.32 Å². The van der Waals surface area contributed by atoms with Gasteiger partial charge in [-0.3, -0.25) is 4.79 Å². The minimum absolute atomic E-state index is 0.161. The average Bonchev–Trinajstić information content (AvgIpc) is 3.09. The third-order valence-electron chi connectivity index (χ3n) is 3.40. The summed E-state index contributed by atoms with van der Waals surface area (Å²) in [4.78, 5) is 16.0. The van der Waals surface area contributed by atoms with Gasteiger partial charge in [0.25, 0.3) is 5.91 Å². The Balaban J connectivity index is 1.56. The number of aromatic nitrogens is 3.